The molecule has 3 heteroatoms. The number of nitrogens with one attached hydrogen (secondary N) is 1. The van der Waals surface area contributed by atoms with Crippen molar-refractivity contribution in [1.29, 1.82) is 0 Å². The van der Waals surface area contributed by atoms with Gasteiger partial charge in [-0.15, -0.1) is 0 Å². The lowest BCUT2D eigenvalue weighted by molar-refractivity contribution is 0.403. The minimum Gasteiger partial charge on any atom is -0.365 e. The second-order valence-electron chi connectivity index (χ2n) is 4.75. The van der Waals surface area contributed by atoms with Crippen molar-refractivity contribution in [3.05, 3.63) is 0 Å². The van der Waals surface area contributed by atoms with Gasteiger partial charge in [0, 0.05) is 12.3 Å². The Labute approximate surface area is 89.9 Å². The highest BCUT2D eigenvalue weighted by Crippen LogP contribution is 2.48. The van der Waals surface area contributed by atoms with Crippen LogP contribution in [0.4, 0.5) is 0 Å². The fourth-order valence-corrected chi connectivity index (χ4v) is 3.16. The van der Waals surface area contributed by atoms with Gasteiger partial charge in [0.05, 0.1) is 6.54 Å². The Kier molecular flexibility index (Phi) is 2.44. The van der Waals surface area contributed by atoms with E-state index in [1.54, 1.807) is 0 Å². The highest BCUT2D eigenvalue weighted by atomic mass is 32.2. The molecule has 1 heterocycles. The third kappa shape index (κ3) is 2.08. The fourth-order valence-electron chi connectivity index (χ4n) is 2.41. The molecule has 2 saturated carbocycles. The summed E-state index contributed by atoms with van der Waals surface area (Å²) in [7, 11) is 0. The molecule has 3 aliphatic rings. The molecule has 0 radical (unpaired) electrons. The molecule has 0 unspecified atom stereocenters. The smallest absolute Gasteiger partial charge is 0.156 e. The Bertz CT molecular complexity index is 232. The molecule has 0 bridgehead atoms. The van der Waals surface area contributed by atoms with E-state index in [1.807, 2.05) is 11.8 Å². The lowest BCUT2D eigenvalue weighted by Gasteiger charge is -2.16. The third-order valence-electron chi connectivity index (χ3n) is 3.53. The van der Waals surface area contributed by atoms with Crippen molar-refractivity contribution < 1.29 is 0 Å². The van der Waals surface area contributed by atoms with Crippen molar-refractivity contribution in [2.75, 3.05) is 18.8 Å². The zero-order valence-electron chi connectivity index (χ0n) is 8.54. The van der Waals surface area contributed by atoms with Crippen LogP contribution in [0.25, 0.3) is 0 Å². The van der Waals surface area contributed by atoms with Gasteiger partial charge in [0.15, 0.2) is 5.17 Å². The largest absolute Gasteiger partial charge is 0.365 e. The summed E-state index contributed by atoms with van der Waals surface area (Å²) in [4.78, 5) is 4.44. The molecule has 2 aliphatic carbocycles. The summed E-state index contributed by atoms with van der Waals surface area (Å²) < 4.78 is 0. The maximum absolute atomic E-state index is 4.44. The molecule has 3 rings (SSSR count). The van der Waals surface area contributed by atoms with Crippen molar-refractivity contribution in [2.24, 2.45) is 22.7 Å². The first-order chi connectivity index (χ1) is 6.93. The van der Waals surface area contributed by atoms with Crippen LogP contribution in [-0.2, 0) is 0 Å². The summed E-state index contributed by atoms with van der Waals surface area (Å²) in [5.74, 6) is 4.27. The average Bonchev–Trinajstić information content (AvgIpc) is 3.09. The molecule has 0 aromatic carbocycles. The van der Waals surface area contributed by atoms with E-state index < -0.39 is 0 Å². The van der Waals surface area contributed by atoms with Gasteiger partial charge in [-0.05, 0) is 43.4 Å². The zero-order chi connectivity index (χ0) is 9.38. The van der Waals surface area contributed by atoms with E-state index in [0.717, 1.165) is 24.3 Å². The van der Waals surface area contributed by atoms with E-state index in [0.29, 0.717) is 0 Å². The average molecular weight is 210 g/mol. The SMILES string of the molecule is C1CSC(NCC(C2CC2)C2CC2)=N1. The van der Waals surface area contributed by atoms with Crippen LogP contribution in [0.1, 0.15) is 25.7 Å². The van der Waals surface area contributed by atoms with Gasteiger partial charge in [-0.2, -0.15) is 0 Å². The molecule has 0 aromatic rings. The number of amidine groups is 1. The molecule has 0 spiro atoms. The molecule has 14 heavy (non-hydrogen) atoms. The number of aliphatic imine (C=N–C) groups is 1. The third-order valence-corrected chi connectivity index (χ3v) is 4.46. The van der Waals surface area contributed by atoms with Crippen LogP contribution in [0.15, 0.2) is 4.99 Å². The predicted octanol–water partition coefficient (Wildman–Crippen LogP) is 2.12. The van der Waals surface area contributed by atoms with Crippen LogP contribution in [0.5, 0.6) is 0 Å². The Hall–Kier alpha value is -0.180. The van der Waals surface area contributed by atoms with Crippen LogP contribution in [-0.4, -0.2) is 24.0 Å². The maximum Gasteiger partial charge on any atom is 0.156 e. The lowest BCUT2D eigenvalue weighted by Crippen LogP contribution is -2.28. The van der Waals surface area contributed by atoms with Gasteiger partial charge in [0.2, 0.25) is 0 Å². The van der Waals surface area contributed by atoms with Crippen molar-refractivity contribution in [3.63, 3.8) is 0 Å². The standard InChI is InChI=1S/C11H18N2S/c1-2-8(1)10(9-3-4-9)7-13-11-12-5-6-14-11/h8-10H,1-7H2,(H,12,13). The van der Waals surface area contributed by atoms with E-state index in [-0.39, 0.29) is 0 Å². The van der Waals surface area contributed by atoms with Crippen LogP contribution >= 0.6 is 11.8 Å². The van der Waals surface area contributed by atoms with Crippen LogP contribution < -0.4 is 5.32 Å². The summed E-state index contributed by atoms with van der Waals surface area (Å²) in [5, 5.41) is 4.74. The molecule has 2 nitrogen and oxygen atoms in total. The number of hydrogen-bond donors (Lipinski definition) is 1. The molecule has 1 aliphatic heterocycles. The number of hydrogen-bond acceptors (Lipinski definition) is 3. The Morgan fingerprint density at radius 3 is 2.50 bits per heavy atom. The second-order valence-corrected chi connectivity index (χ2v) is 5.84. The van der Waals surface area contributed by atoms with E-state index in [4.69, 9.17) is 0 Å². The quantitative estimate of drug-likeness (QED) is 0.768. The highest BCUT2D eigenvalue weighted by molar-refractivity contribution is 8.14. The second kappa shape index (κ2) is 3.76. The first-order valence-electron chi connectivity index (χ1n) is 5.84. The molecule has 0 amide bonds. The summed E-state index contributed by atoms with van der Waals surface area (Å²) >= 11 is 1.89. The summed E-state index contributed by atoms with van der Waals surface area (Å²) in [6.45, 7) is 2.21. The maximum atomic E-state index is 4.44. The molecule has 0 aromatic heterocycles. The van der Waals surface area contributed by atoms with Crippen molar-refractivity contribution in [3.8, 4) is 0 Å². The molecular weight excluding hydrogens is 192 g/mol. The van der Waals surface area contributed by atoms with Gasteiger partial charge < -0.3 is 5.32 Å². The van der Waals surface area contributed by atoms with Gasteiger partial charge >= 0.3 is 0 Å². The number of rotatable bonds is 4. The van der Waals surface area contributed by atoms with Crippen LogP contribution in [0.2, 0.25) is 0 Å². The molecule has 1 N–H and O–H groups in total. The van der Waals surface area contributed by atoms with E-state index in [9.17, 15) is 0 Å². The Morgan fingerprint density at radius 2 is 2.00 bits per heavy atom. The van der Waals surface area contributed by atoms with E-state index in [1.165, 1.54) is 43.1 Å². The molecule has 78 valence electrons. The minimum absolute atomic E-state index is 0.971. The first-order valence-corrected chi connectivity index (χ1v) is 6.83. The molecule has 0 atom stereocenters. The predicted molar refractivity (Wildman–Crippen MR) is 61.7 cm³/mol. The summed E-state index contributed by atoms with van der Waals surface area (Å²) in [5.41, 5.74) is 0. The lowest BCUT2D eigenvalue weighted by atomic mass is 9.98. The first kappa shape index (κ1) is 9.08. The Morgan fingerprint density at radius 1 is 1.29 bits per heavy atom. The Balaban J connectivity index is 1.48. The van der Waals surface area contributed by atoms with Gasteiger partial charge in [0.25, 0.3) is 0 Å². The van der Waals surface area contributed by atoms with Gasteiger partial charge in [-0.25, -0.2) is 0 Å². The van der Waals surface area contributed by atoms with Crippen molar-refractivity contribution in [1.82, 2.24) is 5.32 Å². The highest BCUT2D eigenvalue weighted by Gasteiger charge is 2.41. The normalized spacial score (nSPS) is 26.8. The zero-order valence-corrected chi connectivity index (χ0v) is 9.35. The molecule has 2 fully saturated rings. The van der Waals surface area contributed by atoms with Gasteiger partial charge in [-0.3, -0.25) is 4.99 Å². The molecular formula is C11H18N2S. The summed E-state index contributed by atoms with van der Waals surface area (Å²) in [6.07, 6.45) is 5.95. The van der Waals surface area contributed by atoms with E-state index in [2.05, 4.69) is 10.3 Å². The van der Waals surface area contributed by atoms with Gasteiger partial charge in [-0.1, -0.05) is 11.8 Å². The number of nitrogens with zero attached hydrogens (tertiary/aromatic N) is 1. The monoisotopic (exact) mass is 210 g/mol. The molecule has 0 saturated heterocycles. The summed E-state index contributed by atoms with van der Waals surface area (Å²) in [6, 6.07) is 0. The van der Waals surface area contributed by atoms with Crippen LogP contribution in [0.3, 0.4) is 0 Å². The van der Waals surface area contributed by atoms with Crippen LogP contribution in [0, 0.1) is 17.8 Å². The van der Waals surface area contributed by atoms with Crippen molar-refractivity contribution in [2.45, 2.75) is 25.7 Å². The minimum atomic E-state index is 0.971. The fraction of sp³-hybridized carbons (Fsp3) is 0.909. The van der Waals surface area contributed by atoms with E-state index >= 15 is 0 Å². The van der Waals surface area contributed by atoms with Crippen molar-refractivity contribution >= 4 is 16.9 Å². The topological polar surface area (TPSA) is 24.4 Å². The number of thioether (sulfide) groups is 1. The van der Waals surface area contributed by atoms with Gasteiger partial charge in [0.1, 0.15) is 0 Å².